The number of nitrogens with one attached hydrogen (secondary N) is 2. The van der Waals surface area contributed by atoms with Crippen LogP contribution in [-0.2, 0) is 17.5 Å². The number of hydrogen-bond donors (Lipinski definition) is 2. The van der Waals surface area contributed by atoms with Gasteiger partial charge in [0.1, 0.15) is 5.82 Å². The highest BCUT2D eigenvalue weighted by Crippen LogP contribution is 2.49. The van der Waals surface area contributed by atoms with Crippen LogP contribution in [0.15, 0.2) is 48.9 Å². The molecule has 1 saturated carbocycles. The average molecular weight is 503 g/mol. The molecule has 2 aromatic heterocycles. The zero-order chi connectivity index (χ0) is 25.9. The number of alkyl halides is 3. The van der Waals surface area contributed by atoms with Gasteiger partial charge < -0.3 is 15.4 Å². The molecule has 3 aromatic rings. The number of anilines is 2. The lowest BCUT2D eigenvalue weighted by molar-refractivity contribution is -0.137. The molecule has 0 radical (unpaired) electrons. The fourth-order valence-electron chi connectivity index (χ4n) is 3.59. The van der Waals surface area contributed by atoms with E-state index in [0.717, 1.165) is 12.1 Å². The van der Waals surface area contributed by atoms with Crippen molar-refractivity contribution in [3.05, 3.63) is 71.6 Å². The van der Waals surface area contributed by atoms with Crippen molar-refractivity contribution in [1.29, 1.82) is 0 Å². The van der Waals surface area contributed by atoms with Gasteiger partial charge in [0, 0.05) is 18.8 Å². The Kier molecular flexibility index (Phi) is 6.86. The Hall–Kier alpha value is -4.09. The van der Waals surface area contributed by atoms with Crippen molar-refractivity contribution in [1.82, 2.24) is 20.3 Å². The van der Waals surface area contributed by atoms with Crippen LogP contribution in [0, 0.1) is 11.2 Å². The van der Waals surface area contributed by atoms with E-state index in [1.165, 1.54) is 31.8 Å². The molecule has 0 unspecified atom stereocenters. The van der Waals surface area contributed by atoms with Crippen LogP contribution >= 0.6 is 0 Å². The Labute approximate surface area is 203 Å². The van der Waals surface area contributed by atoms with Crippen LogP contribution in [0.2, 0.25) is 0 Å². The molecule has 1 aliphatic carbocycles. The molecule has 1 amide bonds. The highest BCUT2D eigenvalue weighted by atomic mass is 19.4. The summed E-state index contributed by atoms with van der Waals surface area (Å²) in [5.74, 6) is -1.53. The summed E-state index contributed by atoms with van der Waals surface area (Å²) in [6.45, 7) is 0.0745. The van der Waals surface area contributed by atoms with E-state index < -0.39 is 23.0 Å². The minimum atomic E-state index is -4.73. The second-order valence-electron chi connectivity index (χ2n) is 8.37. The van der Waals surface area contributed by atoms with Gasteiger partial charge in [0.05, 0.1) is 53.5 Å². The summed E-state index contributed by atoms with van der Waals surface area (Å²) in [4.78, 5) is 37.3. The molecule has 0 atom stereocenters. The van der Waals surface area contributed by atoms with Gasteiger partial charge in [-0.2, -0.15) is 13.2 Å². The van der Waals surface area contributed by atoms with E-state index in [0.29, 0.717) is 24.6 Å². The van der Waals surface area contributed by atoms with Gasteiger partial charge in [-0.25, -0.2) is 14.4 Å². The highest BCUT2D eigenvalue weighted by molar-refractivity contribution is 6.00. The lowest BCUT2D eigenvalue weighted by Gasteiger charge is -2.15. The number of nitrogens with zero attached hydrogens (tertiary/aromatic N) is 3. The molecule has 2 heterocycles. The first-order valence-corrected chi connectivity index (χ1v) is 10.9. The maximum Gasteiger partial charge on any atom is 0.418 e. The number of amides is 1. The number of pyridine rings is 1. The number of rotatable bonds is 9. The van der Waals surface area contributed by atoms with Gasteiger partial charge in [-0.3, -0.25) is 14.6 Å². The highest BCUT2D eigenvalue weighted by Gasteiger charge is 2.51. The molecule has 1 fully saturated rings. The SMILES string of the molecule is COc1ncc(C(=O)CC2(C(=O)NCc3ccc(Nc4ccc(F)cc4C(F)(F)F)cn3)CC2)cn1. The molecule has 188 valence electrons. The summed E-state index contributed by atoms with van der Waals surface area (Å²) in [6, 6.07) is 5.52. The standard InChI is InChI=1S/C24H21F4N5O3/c1-36-22-31-10-14(11-32-22)20(34)9-23(6-7-23)21(35)30-12-16-3-4-17(13-29-16)33-19-5-2-15(25)8-18(19)24(26,27)28/h2-5,8,10-11,13,33H,6-7,9,12H2,1H3,(H,30,35). The third-order valence-electron chi connectivity index (χ3n) is 5.79. The molecule has 4 rings (SSSR count). The predicted octanol–water partition coefficient (Wildman–Crippen LogP) is 4.45. The summed E-state index contributed by atoms with van der Waals surface area (Å²) >= 11 is 0. The molecule has 0 aliphatic heterocycles. The fourth-order valence-corrected chi connectivity index (χ4v) is 3.59. The topological polar surface area (TPSA) is 106 Å². The van der Waals surface area contributed by atoms with Gasteiger partial charge in [-0.05, 0) is 43.2 Å². The largest absolute Gasteiger partial charge is 0.467 e. The molecule has 0 bridgehead atoms. The van der Waals surface area contributed by atoms with Crippen LogP contribution in [-0.4, -0.2) is 33.8 Å². The quantitative estimate of drug-likeness (QED) is 0.328. The molecular weight excluding hydrogens is 482 g/mol. The normalized spacial score (nSPS) is 14.1. The van der Waals surface area contributed by atoms with Crippen molar-refractivity contribution >= 4 is 23.1 Å². The van der Waals surface area contributed by atoms with Gasteiger partial charge in [-0.1, -0.05) is 0 Å². The number of carbonyl (C=O) groups is 2. The Morgan fingerprint density at radius 2 is 1.78 bits per heavy atom. The predicted molar refractivity (Wildman–Crippen MR) is 120 cm³/mol. The molecule has 2 N–H and O–H groups in total. The number of ether oxygens (including phenoxy) is 1. The van der Waals surface area contributed by atoms with Crippen molar-refractivity contribution in [2.75, 3.05) is 12.4 Å². The minimum Gasteiger partial charge on any atom is -0.467 e. The molecule has 36 heavy (non-hydrogen) atoms. The third kappa shape index (κ3) is 5.75. The molecule has 0 spiro atoms. The number of halogens is 4. The van der Waals surface area contributed by atoms with Gasteiger partial charge >= 0.3 is 12.2 Å². The maximum absolute atomic E-state index is 13.3. The van der Waals surface area contributed by atoms with Gasteiger partial charge in [0.2, 0.25) is 5.91 Å². The summed E-state index contributed by atoms with van der Waals surface area (Å²) < 4.78 is 57.7. The van der Waals surface area contributed by atoms with Crippen molar-refractivity contribution < 1.29 is 31.9 Å². The second-order valence-corrected chi connectivity index (χ2v) is 8.37. The smallest absolute Gasteiger partial charge is 0.418 e. The molecule has 8 nitrogen and oxygen atoms in total. The molecule has 1 aromatic carbocycles. The van der Waals surface area contributed by atoms with Crippen LogP contribution in [0.25, 0.3) is 0 Å². The number of benzene rings is 1. The van der Waals surface area contributed by atoms with E-state index in [1.807, 2.05) is 0 Å². The molecule has 12 heteroatoms. The Morgan fingerprint density at radius 1 is 1.06 bits per heavy atom. The zero-order valence-corrected chi connectivity index (χ0v) is 19.0. The van der Waals surface area contributed by atoms with Crippen LogP contribution in [0.3, 0.4) is 0 Å². The van der Waals surface area contributed by atoms with Crippen LogP contribution in [0.4, 0.5) is 28.9 Å². The summed E-state index contributed by atoms with van der Waals surface area (Å²) in [5, 5.41) is 5.35. The van der Waals surface area contributed by atoms with E-state index in [-0.39, 0.29) is 47.6 Å². The van der Waals surface area contributed by atoms with Gasteiger partial charge in [-0.15, -0.1) is 0 Å². The Morgan fingerprint density at radius 3 is 2.36 bits per heavy atom. The van der Waals surface area contributed by atoms with Crippen LogP contribution in [0.1, 0.15) is 40.9 Å². The first-order chi connectivity index (χ1) is 17.1. The fraction of sp³-hybridized carbons (Fsp3) is 0.292. The first kappa shape index (κ1) is 25.0. The average Bonchev–Trinajstić information content (AvgIpc) is 3.64. The summed E-state index contributed by atoms with van der Waals surface area (Å²) in [7, 11) is 1.41. The van der Waals surface area contributed by atoms with E-state index in [2.05, 4.69) is 25.6 Å². The van der Waals surface area contributed by atoms with Gasteiger partial charge in [0.15, 0.2) is 5.78 Å². The minimum absolute atomic E-state index is 0.0179. The summed E-state index contributed by atoms with van der Waals surface area (Å²) in [5.41, 5.74) is -1.23. The Balaban J connectivity index is 1.34. The van der Waals surface area contributed by atoms with Gasteiger partial charge in [0.25, 0.3) is 0 Å². The van der Waals surface area contributed by atoms with Crippen molar-refractivity contribution in [3.63, 3.8) is 0 Å². The second kappa shape index (κ2) is 9.88. The van der Waals surface area contributed by atoms with Crippen molar-refractivity contribution in [3.8, 4) is 6.01 Å². The lowest BCUT2D eigenvalue weighted by atomic mass is 9.96. The number of hydrogen-bond acceptors (Lipinski definition) is 7. The van der Waals surface area contributed by atoms with E-state index in [9.17, 15) is 27.2 Å². The van der Waals surface area contributed by atoms with Crippen LogP contribution < -0.4 is 15.4 Å². The van der Waals surface area contributed by atoms with E-state index in [4.69, 9.17) is 4.74 Å². The number of aromatic nitrogens is 3. The van der Waals surface area contributed by atoms with Crippen LogP contribution in [0.5, 0.6) is 6.01 Å². The van der Waals surface area contributed by atoms with Crippen molar-refractivity contribution in [2.24, 2.45) is 5.41 Å². The number of methoxy groups -OCH3 is 1. The number of carbonyl (C=O) groups excluding carboxylic acids is 2. The van der Waals surface area contributed by atoms with Crippen molar-refractivity contribution in [2.45, 2.75) is 32.0 Å². The van der Waals surface area contributed by atoms with E-state index in [1.54, 1.807) is 6.07 Å². The zero-order valence-electron chi connectivity index (χ0n) is 19.0. The monoisotopic (exact) mass is 503 g/mol. The van der Waals surface area contributed by atoms with E-state index >= 15 is 0 Å². The number of Topliss-reactive ketones (excluding diaryl/α,β-unsaturated/α-hetero) is 1. The number of ketones is 1. The molecular formula is C24H21F4N5O3. The first-order valence-electron chi connectivity index (χ1n) is 10.9. The lowest BCUT2D eigenvalue weighted by Crippen LogP contribution is -2.33. The molecule has 1 aliphatic rings. The summed E-state index contributed by atoms with van der Waals surface area (Å²) in [6.07, 6.45) is 0.433. The molecule has 0 saturated heterocycles. The Bertz CT molecular complexity index is 1260. The maximum atomic E-state index is 13.3. The third-order valence-corrected chi connectivity index (χ3v) is 5.79.